The molecule has 2 heterocycles. The van der Waals surface area contributed by atoms with Crippen molar-refractivity contribution >= 4 is 18.4 Å². The fourth-order valence-corrected chi connectivity index (χ4v) is 5.11. The summed E-state index contributed by atoms with van der Waals surface area (Å²) in [6, 6.07) is 15.7. The predicted molar refractivity (Wildman–Crippen MR) is 140 cm³/mol. The minimum absolute atomic E-state index is 0. The van der Waals surface area contributed by atoms with Crippen molar-refractivity contribution in [2.75, 3.05) is 13.1 Å². The van der Waals surface area contributed by atoms with Gasteiger partial charge in [0, 0.05) is 24.1 Å². The summed E-state index contributed by atoms with van der Waals surface area (Å²) in [5.74, 6) is 1.05. The number of halogens is 1. The zero-order chi connectivity index (χ0) is 24.9. The van der Waals surface area contributed by atoms with Crippen molar-refractivity contribution in [1.82, 2.24) is 15.0 Å². The van der Waals surface area contributed by atoms with Gasteiger partial charge < -0.3 is 14.4 Å². The Kier molecular flexibility index (Phi) is 8.80. The second-order valence-electron chi connectivity index (χ2n) is 9.78. The largest absolute Gasteiger partial charge is 0.489 e. The molecular weight excluding hydrogens is 492 g/mol. The number of ether oxygens (including phenoxy) is 1. The fraction of sp³-hybridized carbons (Fsp3) is 0.429. The maximum atomic E-state index is 10.9. The van der Waals surface area contributed by atoms with Crippen LogP contribution in [0.2, 0.25) is 0 Å². The van der Waals surface area contributed by atoms with Crippen molar-refractivity contribution in [2.45, 2.75) is 57.6 Å². The third-order valence-corrected chi connectivity index (χ3v) is 7.16. The minimum Gasteiger partial charge on any atom is -0.489 e. The summed E-state index contributed by atoms with van der Waals surface area (Å²) >= 11 is 0. The summed E-state index contributed by atoms with van der Waals surface area (Å²) in [7, 11) is 0. The number of carboxylic acid groups (broad SMARTS) is 1. The highest BCUT2D eigenvalue weighted by atomic mass is 35.5. The Labute approximate surface area is 222 Å². The van der Waals surface area contributed by atoms with Gasteiger partial charge in [0.05, 0.1) is 11.7 Å². The van der Waals surface area contributed by atoms with Crippen LogP contribution in [-0.2, 0) is 11.3 Å². The van der Waals surface area contributed by atoms with Crippen molar-refractivity contribution in [3.63, 3.8) is 0 Å². The Bertz CT molecular complexity index is 1240. The molecule has 37 heavy (non-hydrogen) atoms. The molecule has 0 atom stereocenters. The van der Waals surface area contributed by atoms with Crippen LogP contribution in [0.15, 0.2) is 47.0 Å². The van der Waals surface area contributed by atoms with Gasteiger partial charge in [-0.3, -0.25) is 9.69 Å². The summed E-state index contributed by atoms with van der Waals surface area (Å²) in [6.07, 6.45) is 6.71. The number of aliphatic carboxylic acids is 1. The molecule has 1 N–H and O–H groups in total. The van der Waals surface area contributed by atoms with E-state index in [9.17, 15) is 10.1 Å². The first-order valence-electron chi connectivity index (χ1n) is 12.7. The van der Waals surface area contributed by atoms with Crippen LogP contribution in [-0.4, -0.2) is 45.3 Å². The van der Waals surface area contributed by atoms with Crippen molar-refractivity contribution < 1.29 is 19.2 Å². The number of piperidine rings is 1. The van der Waals surface area contributed by atoms with Gasteiger partial charge in [-0.05, 0) is 81.3 Å². The zero-order valence-electron chi connectivity index (χ0n) is 20.6. The molecule has 2 aliphatic rings. The van der Waals surface area contributed by atoms with E-state index in [4.69, 9.17) is 14.4 Å². The van der Waals surface area contributed by atoms with Crippen LogP contribution in [0.1, 0.15) is 56.1 Å². The highest BCUT2D eigenvalue weighted by molar-refractivity contribution is 5.85. The number of likely N-dealkylation sites (tertiary alicyclic amines) is 1. The van der Waals surface area contributed by atoms with Gasteiger partial charge in [-0.25, -0.2) is 0 Å². The highest BCUT2D eigenvalue weighted by Crippen LogP contribution is 2.30. The molecule has 0 amide bonds. The first-order valence-corrected chi connectivity index (χ1v) is 12.7. The fourth-order valence-electron chi connectivity index (χ4n) is 5.11. The molecule has 9 heteroatoms. The van der Waals surface area contributed by atoms with E-state index in [2.05, 4.69) is 33.2 Å². The third-order valence-electron chi connectivity index (χ3n) is 7.16. The molecule has 0 unspecified atom stereocenters. The average Bonchev–Trinajstić information content (AvgIpc) is 3.58. The van der Waals surface area contributed by atoms with Crippen LogP contribution in [0, 0.1) is 17.2 Å². The Morgan fingerprint density at radius 1 is 1.08 bits per heavy atom. The van der Waals surface area contributed by atoms with Gasteiger partial charge in [0.25, 0.3) is 5.89 Å². The highest BCUT2D eigenvalue weighted by Gasteiger charge is 2.22. The van der Waals surface area contributed by atoms with E-state index in [1.165, 1.54) is 18.4 Å². The number of aromatic nitrogens is 2. The molecule has 1 saturated carbocycles. The molecule has 5 rings (SSSR count). The number of nitrogens with zero attached hydrogens (tertiary/aromatic N) is 4. The first kappa shape index (κ1) is 26.6. The van der Waals surface area contributed by atoms with Gasteiger partial charge in [0.15, 0.2) is 0 Å². The van der Waals surface area contributed by atoms with Gasteiger partial charge in [-0.1, -0.05) is 29.4 Å². The Morgan fingerprint density at radius 2 is 1.78 bits per heavy atom. The summed E-state index contributed by atoms with van der Waals surface area (Å²) in [5, 5.41) is 22.7. The average molecular weight is 523 g/mol. The summed E-state index contributed by atoms with van der Waals surface area (Å²) in [5.41, 5.74) is 3.20. The molecule has 2 aromatic carbocycles. The SMILES string of the molecule is Cl.N#Cc1cc(-c2nc(-c3ccc(CN4CCC(CC(=O)O)CC4)cc3)no2)ccc1OC1CCCC1. The molecule has 0 spiro atoms. The molecule has 1 aromatic heterocycles. The van der Waals surface area contributed by atoms with Crippen LogP contribution in [0.5, 0.6) is 5.75 Å². The molecule has 0 bridgehead atoms. The maximum absolute atomic E-state index is 10.9. The molecule has 8 nitrogen and oxygen atoms in total. The molecule has 3 aromatic rings. The molecule has 1 aliphatic carbocycles. The number of carboxylic acids is 1. The van der Waals surface area contributed by atoms with Gasteiger partial charge in [0.1, 0.15) is 11.8 Å². The quantitative estimate of drug-likeness (QED) is 0.400. The van der Waals surface area contributed by atoms with E-state index in [1.54, 1.807) is 6.07 Å². The predicted octanol–water partition coefficient (Wildman–Crippen LogP) is 5.71. The second kappa shape index (κ2) is 12.2. The molecule has 1 aliphatic heterocycles. The van der Waals surface area contributed by atoms with Crippen molar-refractivity contribution in [2.24, 2.45) is 5.92 Å². The van der Waals surface area contributed by atoms with Gasteiger partial charge in [-0.2, -0.15) is 10.2 Å². The van der Waals surface area contributed by atoms with Gasteiger partial charge in [0.2, 0.25) is 5.82 Å². The lowest BCUT2D eigenvalue weighted by Crippen LogP contribution is -2.33. The van der Waals surface area contributed by atoms with E-state index < -0.39 is 5.97 Å². The molecular formula is C28H31ClN4O4. The van der Waals surface area contributed by atoms with E-state index in [0.717, 1.165) is 50.9 Å². The van der Waals surface area contributed by atoms with E-state index in [0.29, 0.717) is 28.6 Å². The smallest absolute Gasteiger partial charge is 0.303 e. The molecule has 194 valence electrons. The number of hydrogen-bond acceptors (Lipinski definition) is 7. The normalized spacial score (nSPS) is 16.7. The van der Waals surface area contributed by atoms with E-state index in [1.807, 2.05) is 24.3 Å². The van der Waals surface area contributed by atoms with E-state index in [-0.39, 0.29) is 30.8 Å². The number of rotatable bonds is 8. The second-order valence-corrected chi connectivity index (χ2v) is 9.78. The lowest BCUT2D eigenvalue weighted by molar-refractivity contribution is -0.138. The van der Waals surface area contributed by atoms with Gasteiger partial charge in [-0.15, -0.1) is 12.4 Å². The summed E-state index contributed by atoms with van der Waals surface area (Å²) in [4.78, 5) is 17.8. The number of carbonyl (C=O) groups is 1. The van der Waals surface area contributed by atoms with Crippen molar-refractivity contribution in [3.05, 3.63) is 53.6 Å². The zero-order valence-corrected chi connectivity index (χ0v) is 21.5. The number of benzene rings is 2. The molecule has 1 saturated heterocycles. The van der Waals surface area contributed by atoms with Crippen LogP contribution >= 0.6 is 12.4 Å². The van der Waals surface area contributed by atoms with Crippen LogP contribution in [0.3, 0.4) is 0 Å². The molecule has 0 radical (unpaired) electrons. The Balaban J connectivity index is 0.00000320. The minimum atomic E-state index is -0.704. The van der Waals surface area contributed by atoms with Crippen LogP contribution < -0.4 is 4.74 Å². The van der Waals surface area contributed by atoms with Crippen molar-refractivity contribution in [3.8, 4) is 34.7 Å². The van der Waals surface area contributed by atoms with Crippen LogP contribution in [0.4, 0.5) is 0 Å². The third kappa shape index (κ3) is 6.68. The number of hydrogen-bond donors (Lipinski definition) is 1. The Hall–Kier alpha value is -3.41. The maximum Gasteiger partial charge on any atom is 0.303 e. The lowest BCUT2D eigenvalue weighted by atomic mass is 9.93. The Morgan fingerprint density at radius 3 is 2.46 bits per heavy atom. The molecule has 2 fully saturated rings. The first-order chi connectivity index (χ1) is 17.6. The summed E-state index contributed by atoms with van der Waals surface area (Å²) < 4.78 is 11.5. The monoisotopic (exact) mass is 522 g/mol. The lowest BCUT2D eigenvalue weighted by Gasteiger charge is -2.31. The van der Waals surface area contributed by atoms with Crippen molar-refractivity contribution in [1.29, 1.82) is 5.26 Å². The standard InChI is InChI=1S/C28H30N4O4.ClH/c29-17-23-16-22(9-10-25(23)35-24-3-1-2-4-24)28-30-27(31-36-28)21-7-5-20(6-8-21)18-32-13-11-19(12-14-32)15-26(33)34;/h5-10,16,19,24H,1-4,11-15,18H2,(H,33,34);1H. The topological polar surface area (TPSA) is 112 Å². The van der Waals surface area contributed by atoms with Crippen LogP contribution in [0.25, 0.3) is 22.8 Å². The van der Waals surface area contributed by atoms with Gasteiger partial charge >= 0.3 is 5.97 Å². The number of nitriles is 1. The van der Waals surface area contributed by atoms with E-state index >= 15 is 0 Å². The summed E-state index contributed by atoms with van der Waals surface area (Å²) in [6.45, 7) is 2.68.